The predicted octanol–water partition coefficient (Wildman–Crippen LogP) is 1.02. The maximum absolute atomic E-state index is 11.5. The lowest BCUT2D eigenvalue weighted by Gasteiger charge is -2.04. The normalized spacial score (nSPS) is 10.5. The molecule has 8 heteroatoms. The van der Waals surface area contributed by atoms with E-state index >= 15 is 0 Å². The van der Waals surface area contributed by atoms with Gasteiger partial charge >= 0.3 is 11.9 Å². The highest BCUT2D eigenvalue weighted by atomic mass is 16.5. The minimum absolute atomic E-state index is 0.176. The third-order valence-corrected chi connectivity index (χ3v) is 2.37. The van der Waals surface area contributed by atoms with E-state index < -0.39 is 11.9 Å². The molecular formula is C13H19N3O5. The second-order valence-corrected chi connectivity index (χ2v) is 3.97. The summed E-state index contributed by atoms with van der Waals surface area (Å²) in [6.07, 6.45) is 4.98. The Hall–Kier alpha value is -2.51. The van der Waals surface area contributed by atoms with Gasteiger partial charge in [0.05, 0.1) is 38.4 Å². The molecule has 0 saturated heterocycles. The van der Waals surface area contributed by atoms with E-state index in [4.69, 9.17) is 19.9 Å². The summed E-state index contributed by atoms with van der Waals surface area (Å²) in [5, 5.41) is 6.07. The number of rotatable bonds is 9. The van der Waals surface area contributed by atoms with Gasteiger partial charge in [0, 0.05) is 0 Å². The summed E-state index contributed by atoms with van der Waals surface area (Å²) in [4.78, 5) is 22.7. The molecule has 1 aromatic rings. The first kappa shape index (κ1) is 16.5. The highest BCUT2D eigenvalue weighted by Crippen LogP contribution is 2.08. The number of H-pyrrole nitrogens is 1. The summed E-state index contributed by atoms with van der Waals surface area (Å²) in [7, 11) is 0. The zero-order chi connectivity index (χ0) is 15.5. The largest absolute Gasteiger partial charge is 0.501 e. The molecule has 0 atom stereocenters. The number of carbonyl (C=O) groups is 2. The van der Waals surface area contributed by atoms with Gasteiger partial charge in [-0.2, -0.15) is 5.10 Å². The summed E-state index contributed by atoms with van der Waals surface area (Å²) in [6.45, 7) is 2.78. The number of nitrogens with two attached hydrogens (primary N) is 1. The van der Waals surface area contributed by atoms with E-state index in [1.54, 1.807) is 0 Å². The molecule has 3 N–H and O–H groups in total. The van der Waals surface area contributed by atoms with Crippen molar-refractivity contribution in [2.45, 2.75) is 19.8 Å². The van der Waals surface area contributed by atoms with E-state index in [1.807, 2.05) is 6.92 Å². The molecule has 0 aliphatic heterocycles. The van der Waals surface area contributed by atoms with Crippen molar-refractivity contribution >= 4 is 17.8 Å². The number of ether oxygens (including phenoxy) is 3. The molecule has 0 spiro atoms. The number of nitrogens with one attached hydrogen (secondary N) is 1. The summed E-state index contributed by atoms with van der Waals surface area (Å²) in [5.41, 5.74) is 5.69. The van der Waals surface area contributed by atoms with Gasteiger partial charge in [-0.25, -0.2) is 9.59 Å². The first-order valence-corrected chi connectivity index (χ1v) is 6.56. The second kappa shape index (κ2) is 9.40. The van der Waals surface area contributed by atoms with Crippen molar-refractivity contribution < 1.29 is 23.8 Å². The Labute approximate surface area is 122 Å². The van der Waals surface area contributed by atoms with Gasteiger partial charge in [-0.1, -0.05) is 0 Å². The number of hydrogen-bond donors (Lipinski definition) is 2. The van der Waals surface area contributed by atoms with Crippen LogP contribution in [0.15, 0.2) is 18.5 Å². The smallest absolute Gasteiger partial charge is 0.343 e. The van der Waals surface area contributed by atoms with Crippen molar-refractivity contribution in [2.24, 2.45) is 0 Å². The number of aromatic nitrogens is 2. The van der Waals surface area contributed by atoms with Gasteiger partial charge < -0.3 is 19.9 Å². The maximum atomic E-state index is 11.5. The van der Waals surface area contributed by atoms with E-state index in [9.17, 15) is 9.59 Å². The fourth-order valence-corrected chi connectivity index (χ4v) is 1.33. The highest BCUT2D eigenvalue weighted by molar-refractivity contribution is 5.93. The molecule has 116 valence electrons. The van der Waals surface area contributed by atoms with Crippen LogP contribution in [-0.4, -0.2) is 42.0 Å². The SMILES string of the molecule is CCO/C=C/C(=O)OCCCCOC(=O)c1cn[nH]c1N. The molecule has 8 nitrogen and oxygen atoms in total. The molecular weight excluding hydrogens is 278 g/mol. The number of hydrogen-bond acceptors (Lipinski definition) is 7. The number of esters is 2. The molecule has 0 aromatic carbocycles. The van der Waals surface area contributed by atoms with Crippen LogP contribution >= 0.6 is 0 Å². The summed E-state index contributed by atoms with van der Waals surface area (Å²) in [5.74, 6) is -0.820. The first-order valence-electron chi connectivity index (χ1n) is 6.56. The second-order valence-electron chi connectivity index (χ2n) is 3.97. The van der Waals surface area contributed by atoms with Crippen molar-refractivity contribution in [1.29, 1.82) is 0 Å². The van der Waals surface area contributed by atoms with Crippen molar-refractivity contribution in [3.05, 3.63) is 24.1 Å². The number of unbranched alkanes of at least 4 members (excludes halogenated alkanes) is 1. The number of carbonyl (C=O) groups excluding carboxylic acids is 2. The topological polar surface area (TPSA) is 117 Å². The monoisotopic (exact) mass is 297 g/mol. The molecule has 1 rings (SSSR count). The molecule has 0 radical (unpaired) electrons. The van der Waals surface area contributed by atoms with Gasteiger partial charge in [0.1, 0.15) is 11.4 Å². The van der Waals surface area contributed by atoms with Crippen LogP contribution in [0.4, 0.5) is 5.82 Å². The van der Waals surface area contributed by atoms with Crippen LogP contribution in [0.2, 0.25) is 0 Å². The van der Waals surface area contributed by atoms with E-state index in [0.29, 0.717) is 19.4 Å². The Morgan fingerprint density at radius 1 is 1.33 bits per heavy atom. The predicted molar refractivity (Wildman–Crippen MR) is 74.2 cm³/mol. The van der Waals surface area contributed by atoms with Gasteiger partial charge in [0.25, 0.3) is 0 Å². The van der Waals surface area contributed by atoms with Crippen LogP contribution in [0, 0.1) is 0 Å². The number of aromatic amines is 1. The van der Waals surface area contributed by atoms with Crippen molar-refractivity contribution in [1.82, 2.24) is 10.2 Å². The maximum Gasteiger partial charge on any atom is 0.343 e. The van der Waals surface area contributed by atoms with Gasteiger partial charge in [0.15, 0.2) is 0 Å². The zero-order valence-corrected chi connectivity index (χ0v) is 11.8. The molecule has 0 amide bonds. The van der Waals surface area contributed by atoms with Gasteiger partial charge in [0.2, 0.25) is 0 Å². The third-order valence-electron chi connectivity index (χ3n) is 2.37. The molecule has 0 fully saturated rings. The lowest BCUT2D eigenvalue weighted by molar-refractivity contribution is -0.138. The average Bonchev–Trinajstić information content (AvgIpc) is 2.89. The van der Waals surface area contributed by atoms with Crippen LogP contribution in [0.5, 0.6) is 0 Å². The lowest BCUT2D eigenvalue weighted by Crippen LogP contribution is -2.09. The fraction of sp³-hybridized carbons (Fsp3) is 0.462. The molecule has 0 bridgehead atoms. The minimum Gasteiger partial charge on any atom is -0.501 e. The number of nitrogens with zero attached hydrogens (tertiary/aromatic N) is 1. The lowest BCUT2D eigenvalue weighted by atomic mass is 10.3. The zero-order valence-electron chi connectivity index (χ0n) is 11.8. The number of nitrogen functional groups attached to an aromatic ring is 1. The van der Waals surface area contributed by atoms with Gasteiger partial charge in [-0.3, -0.25) is 5.10 Å². The number of anilines is 1. The van der Waals surface area contributed by atoms with Crippen LogP contribution in [-0.2, 0) is 19.0 Å². The van der Waals surface area contributed by atoms with Crippen LogP contribution in [0.25, 0.3) is 0 Å². The summed E-state index contributed by atoms with van der Waals surface area (Å²) in [6, 6.07) is 0. The van der Waals surface area contributed by atoms with Crippen molar-refractivity contribution in [3.63, 3.8) is 0 Å². The third kappa shape index (κ3) is 6.46. The molecule has 1 aromatic heterocycles. The molecule has 21 heavy (non-hydrogen) atoms. The van der Waals surface area contributed by atoms with Crippen molar-refractivity contribution in [2.75, 3.05) is 25.6 Å². The minimum atomic E-state index is -0.530. The molecule has 0 aliphatic rings. The highest BCUT2D eigenvalue weighted by Gasteiger charge is 2.12. The molecule has 0 unspecified atom stereocenters. The van der Waals surface area contributed by atoms with Crippen molar-refractivity contribution in [3.8, 4) is 0 Å². The Morgan fingerprint density at radius 3 is 2.67 bits per heavy atom. The average molecular weight is 297 g/mol. The van der Waals surface area contributed by atoms with Crippen LogP contribution < -0.4 is 5.73 Å². The van der Waals surface area contributed by atoms with E-state index in [0.717, 1.165) is 0 Å². The summed E-state index contributed by atoms with van der Waals surface area (Å²) >= 11 is 0. The van der Waals surface area contributed by atoms with E-state index in [2.05, 4.69) is 10.2 Å². The molecule has 0 aliphatic carbocycles. The van der Waals surface area contributed by atoms with Gasteiger partial charge in [-0.15, -0.1) is 0 Å². The van der Waals surface area contributed by atoms with Crippen LogP contribution in [0.3, 0.4) is 0 Å². The van der Waals surface area contributed by atoms with E-state index in [1.165, 1.54) is 18.5 Å². The van der Waals surface area contributed by atoms with E-state index in [-0.39, 0.29) is 24.6 Å². The summed E-state index contributed by atoms with van der Waals surface area (Å²) < 4.78 is 14.8. The molecule has 0 saturated carbocycles. The quantitative estimate of drug-likeness (QED) is 0.302. The Morgan fingerprint density at radius 2 is 2.05 bits per heavy atom. The standard InChI is InChI=1S/C13H19N3O5/c1-2-19-8-5-11(17)20-6-3-4-7-21-13(18)10-9-15-16-12(10)14/h5,8-9H,2-4,6-7H2,1H3,(H3,14,15,16)/b8-5+. The Bertz CT molecular complexity index is 484. The van der Waals surface area contributed by atoms with Crippen LogP contribution in [0.1, 0.15) is 30.1 Å². The first-order chi connectivity index (χ1) is 10.1. The van der Waals surface area contributed by atoms with Gasteiger partial charge in [-0.05, 0) is 19.8 Å². The Balaban J connectivity index is 2.06. The Kier molecular flexibility index (Phi) is 7.41. The molecule has 1 heterocycles. The fourth-order valence-electron chi connectivity index (χ4n) is 1.33.